The molecule has 0 atom stereocenters. The summed E-state index contributed by atoms with van der Waals surface area (Å²) in [5.74, 6) is 0.292. The van der Waals surface area contributed by atoms with Gasteiger partial charge in [-0.1, -0.05) is 47.5 Å². The first kappa shape index (κ1) is 23.2. The van der Waals surface area contributed by atoms with Crippen LogP contribution in [-0.4, -0.2) is 33.2 Å². The maximum Gasteiger partial charge on any atom is 0.264 e. The van der Waals surface area contributed by atoms with Crippen LogP contribution in [0.3, 0.4) is 0 Å². The maximum atomic E-state index is 13.3. The van der Waals surface area contributed by atoms with Gasteiger partial charge in [-0.15, -0.1) is 11.8 Å². The van der Waals surface area contributed by atoms with Crippen molar-refractivity contribution in [3.63, 3.8) is 0 Å². The van der Waals surface area contributed by atoms with Gasteiger partial charge in [0.25, 0.3) is 10.0 Å². The van der Waals surface area contributed by atoms with E-state index in [1.54, 1.807) is 66.4 Å². The second-order valence-electron chi connectivity index (χ2n) is 6.81. The number of nitrogens with zero attached hydrogens (tertiary/aromatic N) is 1. The van der Waals surface area contributed by atoms with Crippen molar-refractivity contribution in [2.45, 2.75) is 16.7 Å². The molecule has 0 saturated heterocycles. The van der Waals surface area contributed by atoms with Crippen molar-refractivity contribution in [2.24, 2.45) is 0 Å². The van der Waals surface area contributed by atoms with Crippen molar-refractivity contribution in [1.29, 1.82) is 0 Å². The van der Waals surface area contributed by atoms with Crippen LogP contribution in [0, 0.1) is 6.92 Å². The summed E-state index contributed by atoms with van der Waals surface area (Å²) in [5.41, 5.74) is 1.40. The van der Waals surface area contributed by atoms with Crippen molar-refractivity contribution in [3.8, 4) is 0 Å². The van der Waals surface area contributed by atoms with Gasteiger partial charge in [0.1, 0.15) is 6.54 Å². The number of amides is 1. The fourth-order valence-corrected chi connectivity index (χ4v) is 5.14. The highest BCUT2D eigenvalue weighted by molar-refractivity contribution is 7.99. The zero-order valence-electron chi connectivity index (χ0n) is 17.0. The number of carbonyl (C=O) groups is 1. The number of nitrogens with one attached hydrogen (secondary N) is 1. The number of anilines is 1. The monoisotopic (exact) mass is 474 g/mol. The highest BCUT2D eigenvalue weighted by Crippen LogP contribution is 2.24. The van der Waals surface area contributed by atoms with Crippen molar-refractivity contribution >= 4 is 45.0 Å². The van der Waals surface area contributed by atoms with E-state index in [4.69, 9.17) is 11.6 Å². The molecule has 8 heteroatoms. The van der Waals surface area contributed by atoms with E-state index in [-0.39, 0.29) is 17.3 Å². The first-order valence-corrected chi connectivity index (χ1v) is 12.5. The van der Waals surface area contributed by atoms with Crippen LogP contribution < -0.4 is 9.62 Å². The number of sulfonamides is 1. The molecule has 0 fully saturated rings. The van der Waals surface area contributed by atoms with Gasteiger partial charge in [-0.05, 0) is 55.5 Å². The summed E-state index contributed by atoms with van der Waals surface area (Å²) in [6, 6.07) is 22.7. The number of para-hydroxylation sites is 1. The van der Waals surface area contributed by atoms with Gasteiger partial charge in [0, 0.05) is 22.2 Å². The molecule has 0 spiro atoms. The molecule has 0 radical (unpaired) electrons. The normalized spacial score (nSPS) is 11.2. The Kier molecular flexibility index (Phi) is 8.01. The molecule has 3 aromatic rings. The lowest BCUT2D eigenvalue weighted by Crippen LogP contribution is -2.41. The van der Waals surface area contributed by atoms with Crippen LogP contribution in [0.25, 0.3) is 0 Å². The van der Waals surface area contributed by atoms with E-state index in [1.165, 1.54) is 0 Å². The predicted molar refractivity (Wildman–Crippen MR) is 127 cm³/mol. The van der Waals surface area contributed by atoms with Crippen LogP contribution in [-0.2, 0) is 14.8 Å². The second-order valence-corrected chi connectivity index (χ2v) is 10.3. The Morgan fingerprint density at radius 2 is 1.61 bits per heavy atom. The number of rotatable bonds is 9. The molecule has 0 aliphatic rings. The number of hydrogen-bond acceptors (Lipinski definition) is 4. The summed E-state index contributed by atoms with van der Waals surface area (Å²) in [4.78, 5) is 13.8. The molecule has 0 bridgehead atoms. The maximum absolute atomic E-state index is 13.3. The lowest BCUT2D eigenvalue weighted by molar-refractivity contribution is -0.119. The Labute approximate surface area is 192 Å². The van der Waals surface area contributed by atoms with E-state index in [0.717, 1.165) is 14.8 Å². The third-order valence-corrected chi connectivity index (χ3v) is 7.50. The van der Waals surface area contributed by atoms with E-state index in [9.17, 15) is 13.2 Å². The molecule has 3 rings (SSSR count). The van der Waals surface area contributed by atoms with Crippen molar-refractivity contribution in [3.05, 3.63) is 89.4 Å². The summed E-state index contributed by atoms with van der Waals surface area (Å²) in [7, 11) is -3.89. The third-order valence-electron chi connectivity index (χ3n) is 4.45. The number of benzene rings is 3. The molecular weight excluding hydrogens is 452 g/mol. The van der Waals surface area contributed by atoms with Gasteiger partial charge in [0.15, 0.2) is 0 Å². The predicted octanol–water partition coefficient (Wildman–Crippen LogP) is 4.75. The topological polar surface area (TPSA) is 66.5 Å². The average Bonchev–Trinajstić information content (AvgIpc) is 2.77. The molecule has 1 amide bonds. The van der Waals surface area contributed by atoms with E-state index >= 15 is 0 Å². The molecule has 0 aliphatic heterocycles. The SMILES string of the molecule is Cc1ccc(S(=O)(=O)N(CC(=O)NCCSc2ccc(Cl)cc2)c2ccccc2)cc1. The zero-order chi connectivity index (χ0) is 22.3. The molecule has 3 aromatic carbocycles. The van der Waals surface area contributed by atoms with Gasteiger partial charge in [0.05, 0.1) is 10.6 Å². The van der Waals surface area contributed by atoms with Crippen LogP contribution in [0.2, 0.25) is 5.02 Å². The molecular formula is C23H23ClN2O3S2. The molecule has 0 heterocycles. The minimum atomic E-state index is -3.89. The Balaban J connectivity index is 1.66. The lowest BCUT2D eigenvalue weighted by Gasteiger charge is -2.24. The molecule has 1 N–H and O–H groups in total. The van der Waals surface area contributed by atoms with Crippen LogP contribution in [0.1, 0.15) is 5.56 Å². The summed E-state index contributed by atoms with van der Waals surface area (Å²) >= 11 is 7.47. The Morgan fingerprint density at radius 1 is 0.968 bits per heavy atom. The van der Waals surface area contributed by atoms with Gasteiger partial charge in [-0.2, -0.15) is 0 Å². The fraction of sp³-hybridized carbons (Fsp3) is 0.174. The zero-order valence-corrected chi connectivity index (χ0v) is 19.4. The molecule has 0 saturated carbocycles. The van der Waals surface area contributed by atoms with E-state index in [1.807, 2.05) is 31.2 Å². The number of carbonyl (C=O) groups excluding carboxylic acids is 1. The minimum Gasteiger partial charge on any atom is -0.354 e. The first-order valence-electron chi connectivity index (χ1n) is 9.66. The van der Waals surface area contributed by atoms with Crippen molar-refractivity contribution < 1.29 is 13.2 Å². The van der Waals surface area contributed by atoms with E-state index < -0.39 is 10.0 Å². The summed E-state index contributed by atoms with van der Waals surface area (Å²) in [5, 5.41) is 3.48. The van der Waals surface area contributed by atoms with E-state index in [2.05, 4.69) is 5.32 Å². The average molecular weight is 475 g/mol. The second kappa shape index (κ2) is 10.7. The fourth-order valence-electron chi connectivity index (χ4n) is 2.82. The molecule has 0 unspecified atom stereocenters. The van der Waals surface area contributed by atoms with Gasteiger partial charge in [-0.25, -0.2) is 8.42 Å². The smallest absolute Gasteiger partial charge is 0.264 e. The highest BCUT2D eigenvalue weighted by Gasteiger charge is 2.26. The summed E-state index contributed by atoms with van der Waals surface area (Å²) in [6.07, 6.45) is 0. The number of halogens is 1. The molecule has 31 heavy (non-hydrogen) atoms. The van der Waals surface area contributed by atoms with Gasteiger partial charge < -0.3 is 5.32 Å². The highest BCUT2D eigenvalue weighted by atomic mass is 35.5. The van der Waals surface area contributed by atoms with Gasteiger partial charge in [0.2, 0.25) is 5.91 Å². The van der Waals surface area contributed by atoms with Gasteiger partial charge >= 0.3 is 0 Å². The molecule has 0 aliphatic carbocycles. The summed E-state index contributed by atoms with van der Waals surface area (Å²) < 4.78 is 27.6. The molecule has 162 valence electrons. The number of thioether (sulfide) groups is 1. The first-order chi connectivity index (χ1) is 14.9. The van der Waals surface area contributed by atoms with Crippen molar-refractivity contribution in [1.82, 2.24) is 5.32 Å². The van der Waals surface area contributed by atoms with Crippen LogP contribution in [0.4, 0.5) is 5.69 Å². The lowest BCUT2D eigenvalue weighted by atomic mass is 10.2. The number of hydrogen-bond donors (Lipinski definition) is 1. The van der Waals surface area contributed by atoms with Crippen LogP contribution >= 0.6 is 23.4 Å². The molecule has 5 nitrogen and oxygen atoms in total. The third kappa shape index (κ3) is 6.50. The number of aryl methyl sites for hydroxylation is 1. The Morgan fingerprint density at radius 3 is 2.26 bits per heavy atom. The quantitative estimate of drug-likeness (QED) is 0.359. The van der Waals surface area contributed by atoms with Crippen LogP contribution in [0.15, 0.2) is 88.7 Å². The summed E-state index contributed by atoms with van der Waals surface area (Å²) in [6.45, 7) is 2.01. The largest absolute Gasteiger partial charge is 0.354 e. The molecule has 0 aromatic heterocycles. The Hall–Kier alpha value is -2.48. The Bertz CT molecular complexity index is 1100. The van der Waals surface area contributed by atoms with Crippen molar-refractivity contribution in [2.75, 3.05) is 23.1 Å². The van der Waals surface area contributed by atoms with Gasteiger partial charge in [-0.3, -0.25) is 9.10 Å². The van der Waals surface area contributed by atoms with Crippen LogP contribution in [0.5, 0.6) is 0 Å². The minimum absolute atomic E-state index is 0.146. The standard InChI is InChI=1S/C23H23ClN2O3S2/c1-18-7-13-22(14-8-18)31(28,29)26(20-5-3-2-4-6-20)17-23(27)25-15-16-30-21-11-9-19(24)10-12-21/h2-14H,15-17H2,1H3,(H,25,27). The van der Waals surface area contributed by atoms with E-state index in [0.29, 0.717) is 23.0 Å².